The van der Waals surface area contributed by atoms with Crippen molar-refractivity contribution < 1.29 is 8.42 Å². The fraction of sp³-hybridized carbons (Fsp3) is 0.500. The van der Waals surface area contributed by atoms with Crippen LogP contribution in [0.15, 0.2) is 23.1 Å². The van der Waals surface area contributed by atoms with E-state index in [9.17, 15) is 8.42 Å². The van der Waals surface area contributed by atoms with E-state index in [4.69, 9.17) is 5.73 Å². The van der Waals surface area contributed by atoms with Crippen molar-refractivity contribution in [3.63, 3.8) is 0 Å². The summed E-state index contributed by atoms with van der Waals surface area (Å²) in [7, 11) is -1.20. The van der Waals surface area contributed by atoms with E-state index in [0.717, 1.165) is 28.6 Å². The second kappa shape index (κ2) is 5.46. The summed E-state index contributed by atoms with van der Waals surface area (Å²) >= 11 is 0. The fourth-order valence-corrected chi connectivity index (χ4v) is 3.23. The van der Waals surface area contributed by atoms with E-state index in [2.05, 4.69) is 25.3 Å². The number of aromatic nitrogens is 1. The molecule has 116 valence electrons. The van der Waals surface area contributed by atoms with Gasteiger partial charge >= 0.3 is 0 Å². The minimum Gasteiger partial charge on any atom is -0.348 e. The van der Waals surface area contributed by atoms with Gasteiger partial charge in [0, 0.05) is 35.9 Å². The molecule has 2 rings (SSSR count). The van der Waals surface area contributed by atoms with Gasteiger partial charge in [-0.25, -0.2) is 8.42 Å². The first kappa shape index (κ1) is 16.0. The Kier molecular flexibility index (Phi) is 4.17. The lowest BCUT2D eigenvalue weighted by Crippen LogP contribution is -2.29. The fourth-order valence-electron chi connectivity index (χ4n) is 2.59. The topological polar surface area (TPSA) is 65.1 Å². The largest absolute Gasteiger partial charge is 0.348 e. The Bertz CT molecular complexity index is 773. The van der Waals surface area contributed by atoms with Crippen LogP contribution in [0.5, 0.6) is 0 Å². The number of hydrogen-bond donors (Lipinski definition) is 1. The molecule has 0 amide bonds. The normalized spacial score (nSPS) is 14.0. The molecule has 0 saturated carbocycles. The highest BCUT2D eigenvalue weighted by molar-refractivity contribution is 7.90. The summed E-state index contributed by atoms with van der Waals surface area (Å²) in [5, 5.41) is 0.994. The Morgan fingerprint density at radius 2 is 1.90 bits per heavy atom. The minimum atomic E-state index is -3.20. The van der Waals surface area contributed by atoms with Gasteiger partial charge in [0.05, 0.1) is 4.90 Å². The molecule has 0 aliphatic heterocycles. The zero-order chi connectivity index (χ0) is 15.9. The molecule has 0 aliphatic rings. The first-order chi connectivity index (χ1) is 9.62. The van der Waals surface area contributed by atoms with Crippen molar-refractivity contribution in [3.8, 4) is 0 Å². The van der Waals surface area contributed by atoms with Crippen molar-refractivity contribution in [2.24, 2.45) is 18.7 Å². The molecule has 0 bridgehead atoms. The average molecular weight is 308 g/mol. The van der Waals surface area contributed by atoms with Crippen molar-refractivity contribution in [2.45, 2.75) is 38.1 Å². The van der Waals surface area contributed by atoms with Crippen LogP contribution in [0.25, 0.3) is 10.9 Å². The van der Waals surface area contributed by atoms with Crippen LogP contribution in [0.1, 0.15) is 25.1 Å². The van der Waals surface area contributed by atoms with Crippen LogP contribution in [0, 0.1) is 12.8 Å². The molecule has 2 aromatic rings. The lowest BCUT2D eigenvalue weighted by Gasteiger charge is -2.16. The summed E-state index contributed by atoms with van der Waals surface area (Å²) in [6.45, 7) is 6.27. The quantitative estimate of drug-likeness (QED) is 0.943. The van der Waals surface area contributed by atoms with Gasteiger partial charge in [0.25, 0.3) is 0 Å². The molecule has 0 fully saturated rings. The van der Waals surface area contributed by atoms with Crippen molar-refractivity contribution >= 4 is 20.7 Å². The lowest BCUT2D eigenvalue weighted by molar-refractivity contribution is 0.490. The molecule has 4 nitrogen and oxygen atoms in total. The SMILES string of the molecule is Cc1c(CC(N)C(C)C)c2cc(S(C)(=O)=O)ccc2n1C. The van der Waals surface area contributed by atoms with Crippen LogP contribution in [0.4, 0.5) is 0 Å². The molecule has 0 aliphatic carbocycles. The predicted octanol–water partition coefficient (Wildman–Crippen LogP) is 2.42. The minimum absolute atomic E-state index is 0.0659. The van der Waals surface area contributed by atoms with E-state index in [1.54, 1.807) is 12.1 Å². The maximum Gasteiger partial charge on any atom is 0.175 e. The molecule has 0 radical (unpaired) electrons. The maximum atomic E-state index is 11.8. The van der Waals surface area contributed by atoms with E-state index in [1.165, 1.54) is 6.26 Å². The van der Waals surface area contributed by atoms with E-state index < -0.39 is 9.84 Å². The first-order valence-corrected chi connectivity index (χ1v) is 9.05. The summed E-state index contributed by atoms with van der Waals surface area (Å²) in [5.74, 6) is 0.387. The number of aryl methyl sites for hydroxylation is 1. The third kappa shape index (κ3) is 2.99. The lowest BCUT2D eigenvalue weighted by atomic mass is 9.96. The van der Waals surface area contributed by atoms with Crippen molar-refractivity contribution in [1.82, 2.24) is 4.57 Å². The van der Waals surface area contributed by atoms with Gasteiger partial charge in [-0.15, -0.1) is 0 Å². The first-order valence-electron chi connectivity index (χ1n) is 7.16. The second-order valence-electron chi connectivity index (χ2n) is 6.19. The Morgan fingerprint density at radius 3 is 2.43 bits per heavy atom. The monoisotopic (exact) mass is 308 g/mol. The maximum absolute atomic E-state index is 11.8. The molecule has 2 N–H and O–H groups in total. The smallest absolute Gasteiger partial charge is 0.175 e. The average Bonchev–Trinajstić information content (AvgIpc) is 2.62. The number of hydrogen-bond acceptors (Lipinski definition) is 3. The van der Waals surface area contributed by atoms with Crippen LogP contribution in [0.3, 0.4) is 0 Å². The van der Waals surface area contributed by atoms with Gasteiger partial charge in [0.2, 0.25) is 0 Å². The summed E-state index contributed by atoms with van der Waals surface area (Å²) in [6.07, 6.45) is 2.00. The van der Waals surface area contributed by atoms with Crippen LogP contribution in [-0.2, 0) is 23.3 Å². The summed E-state index contributed by atoms with van der Waals surface area (Å²) < 4.78 is 25.7. The molecule has 1 aromatic carbocycles. The number of sulfone groups is 1. The van der Waals surface area contributed by atoms with E-state index >= 15 is 0 Å². The standard InChI is InChI=1S/C16H24N2O2S/c1-10(2)15(17)9-13-11(3)18(4)16-7-6-12(8-14(13)16)21(5,19)20/h6-8,10,15H,9,17H2,1-5H3. The zero-order valence-electron chi connectivity index (χ0n) is 13.3. The molecule has 1 atom stereocenters. The highest BCUT2D eigenvalue weighted by Gasteiger charge is 2.18. The van der Waals surface area contributed by atoms with Gasteiger partial charge in [0.1, 0.15) is 0 Å². The molecular weight excluding hydrogens is 284 g/mol. The van der Waals surface area contributed by atoms with Crippen molar-refractivity contribution in [2.75, 3.05) is 6.26 Å². The highest BCUT2D eigenvalue weighted by Crippen LogP contribution is 2.29. The number of nitrogens with two attached hydrogens (primary N) is 1. The van der Waals surface area contributed by atoms with Gasteiger partial charge in [-0.05, 0) is 43.0 Å². The Balaban J connectivity index is 2.65. The molecule has 1 aromatic heterocycles. The van der Waals surface area contributed by atoms with Crippen LogP contribution >= 0.6 is 0 Å². The number of rotatable bonds is 4. The number of nitrogens with zero attached hydrogens (tertiary/aromatic N) is 1. The summed E-state index contributed by atoms with van der Waals surface area (Å²) in [4.78, 5) is 0.361. The van der Waals surface area contributed by atoms with E-state index in [1.807, 2.05) is 13.1 Å². The molecule has 1 unspecified atom stereocenters. The number of benzene rings is 1. The molecule has 21 heavy (non-hydrogen) atoms. The van der Waals surface area contributed by atoms with Gasteiger partial charge in [0.15, 0.2) is 9.84 Å². The van der Waals surface area contributed by atoms with Crippen LogP contribution < -0.4 is 5.73 Å². The zero-order valence-corrected chi connectivity index (χ0v) is 14.2. The van der Waals surface area contributed by atoms with Gasteiger partial charge in [-0.2, -0.15) is 0 Å². The highest BCUT2D eigenvalue weighted by atomic mass is 32.2. The third-order valence-electron chi connectivity index (χ3n) is 4.32. The van der Waals surface area contributed by atoms with Crippen LogP contribution in [0.2, 0.25) is 0 Å². The van der Waals surface area contributed by atoms with Gasteiger partial charge < -0.3 is 10.3 Å². The van der Waals surface area contributed by atoms with Crippen molar-refractivity contribution in [1.29, 1.82) is 0 Å². The number of fused-ring (bicyclic) bond motifs is 1. The van der Waals surface area contributed by atoms with E-state index in [-0.39, 0.29) is 6.04 Å². The van der Waals surface area contributed by atoms with Crippen molar-refractivity contribution in [3.05, 3.63) is 29.5 Å². The third-order valence-corrected chi connectivity index (χ3v) is 5.43. The van der Waals surface area contributed by atoms with E-state index in [0.29, 0.717) is 10.8 Å². The summed E-state index contributed by atoms with van der Waals surface area (Å²) in [5.41, 5.74) is 9.56. The molecule has 1 heterocycles. The molecular formula is C16H24N2O2S. The molecule has 5 heteroatoms. The summed E-state index contributed by atoms with van der Waals surface area (Å²) in [6, 6.07) is 5.39. The Hall–Kier alpha value is -1.33. The Labute approximate surface area is 126 Å². The van der Waals surface area contributed by atoms with Gasteiger partial charge in [-0.3, -0.25) is 0 Å². The van der Waals surface area contributed by atoms with Crippen LogP contribution in [-0.4, -0.2) is 25.3 Å². The second-order valence-corrected chi connectivity index (χ2v) is 8.20. The Morgan fingerprint density at radius 1 is 1.29 bits per heavy atom. The molecule has 0 spiro atoms. The van der Waals surface area contributed by atoms with Gasteiger partial charge in [-0.1, -0.05) is 13.8 Å². The molecule has 0 saturated heterocycles. The predicted molar refractivity (Wildman–Crippen MR) is 87.3 cm³/mol.